The van der Waals surface area contributed by atoms with Gasteiger partial charge in [-0.05, 0) is 53.9 Å². The summed E-state index contributed by atoms with van der Waals surface area (Å²) in [5.74, 6) is 0. The zero-order valence-electron chi connectivity index (χ0n) is 9.55. The molecule has 0 spiro atoms. The first-order chi connectivity index (χ1) is 8.47. The number of hydrogen-bond acceptors (Lipinski definition) is 0. The van der Waals surface area contributed by atoms with Gasteiger partial charge in [0.25, 0.3) is 0 Å². The van der Waals surface area contributed by atoms with Gasteiger partial charge in [0.2, 0.25) is 0 Å². The first-order valence-corrected chi connectivity index (χ1v) is 6.90. The van der Waals surface area contributed by atoms with Gasteiger partial charge in [-0.1, -0.05) is 40.9 Å². The van der Waals surface area contributed by atoms with Crippen molar-refractivity contribution < 1.29 is 0 Å². The third-order valence-corrected chi connectivity index (χ3v) is 3.87. The lowest BCUT2D eigenvalue weighted by molar-refractivity contribution is 1.13. The van der Waals surface area contributed by atoms with Gasteiger partial charge in [-0.15, -0.1) is 11.6 Å². The molecule has 94 valence electrons. The summed E-state index contributed by atoms with van der Waals surface area (Å²) in [6.45, 7) is 1.97. The van der Waals surface area contributed by atoms with E-state index in [9.17, 15) is 0 Å². The van der Waals surface area contributed by atoms with Crippen LogP contribution < -0.4 is 0 Å². The van der Waals surface area contributed by atoms with Gasteiger partial charge in [-0.3, -0.25) is 0 Å². The van der Waals surface area contributed by atoms with Crippen LogP contribution in [0.15, 0.2) is 36.4 Å². The minimum Gasteiger partial charge on any atom is -0.113 e. The number of rotatable bonds is 2. The van der Waals surface area contributed by atoms with Crippen LogP contribution in [0.5, 0.6) is 0 Å². The predicted molar refractivity (Wildman–Crippen MR) is 80.3 cm³/mol. The molecule has 1 unspecified atom stereocenters. The second kappa shape index (κ2) is 5.71. The van der Waals surface area contributed by atoms with Crippen molar-refractivity contribution in [2.24, 2.45) is 0 Å². The van der Waals surface area contributed by atoms with Crippen LogP contribution >= 0.6 is 46.4 Å². The third-order valence-electron chi connectivity index (χ3n) is 2.59. The minimum absolute atomic E-state index is 0.367. The fourth-order valence-electron chi connectivity index (χ4n) is 1.80. The summed E-state index contributed by atoms with van der Waals surface area (Å²) in [5, 5.41) is 1.50. The van der Waals surface area contributed by atoms with Crippen LogP contribution in [0.2, 0.25) is 15.1 Å². The minimum atomic E-state index is -0.367. The second-order valence-electron chi connectivity index (χ2n) is 4.09. The first-order valence-electron chi connectivity index (χ1n) is 5.33. The van der Waals surface area contributed by atoms with E-state index in [2.05, 4.69) is 0 Å². The van der Waals surface area contributed by atoms with Crippen LogP contribution in [0.25, 0.3) is 0 Å². The molecule has 2 aromatic rings. The highest BCUT2D eigenvalue weighted by molar-refractivity contribution is 6.35. The Morgan fingerprint density at radius 2 is 1.61 bits per heavy atom. The Balaban J connectivity index is 2.47. The topological polar surface area (TPSA) is 0 Å². The lowest BCUT2D eigenvalue weighted by atomic mass is 10.0. The van der Waals surface area contributed by atoms with Crippen molar-refractivity contribution in [3.05, 3.63) is 68.2 Å². The van der Waals surface area contributed by atoms with E-state index < -0.39 is 0 Å². The van der Waals surface area contributed by atoms with Crippen molar-refractivity contribution in [1.82, 2.24) is 0 Å². The molecule has 0 bridgehead atoms. The molecule has 0 N–H and O–H groups in total. The molecule has 0 amide bonds. The summed E-state index contributed by atoms with van der Waals surface area (Å²) >= 11 is 24.6. The van der Waals surface area contributed by atoms with Gasteiger partial charge in [-0.2, -0.15) is 0 Å². The SMILES string of the molecule is Cc1cc(Cl)cc(C(Cl)c2cc(Cl)ccc2Cl)c1. The van der Waals surface area contributed by atoms with Gasteiger partial charge in [-0.25, -0.2) is 0 Å². The Labute approximate surface area is 126 Å². The van der Waals surface area contributed by atoms with Crippen molar-refractivity contribution in [3.8, 4) is 0 Å². The van der Waals surface area contributed by atoms with Gasteiger partial charge in [0, 0.05) is 15.1 Å². The molecule has 2 aromatic carbocycles. The second-order valence-corrected chi connectivity index (χ2v) is 5.81. The van der Waals surface area contributed by atoms with Gasteiger partial charge in [0.1, 0.15) is 0 Å². The van der Waals surface area contributed by atoms with E-state index in [1.165, 1.54) is 0 Å². The maximum Gasteiger partial charge on any atom is 0.0850 e. The van der Waals surface area contributed by atoms with Gasteiger partial charge < -0.3 is 0 Å². The van der Waals surface area contributed by atoms with Crippen LogP contribution in [0.3, 0.4) is 0 Å². The molecule has 0 aliphatic rings. The van der Waals surface area contributed by atoms with Crippen LogP contribution in [0.1, 0.15) is 22.1 Å². The summed E-state index contributed by atoms with van der Waals surface area (Å²) in [6.07, 6.45) is 0. The van der Waals surface area contributed by atoms with Crippen LogP contribution in [0.4, 0.5) is 0 Å². The summed E-state index contributed by atoms with van der Waals surface area (Å²) in [7, 11) is 0. The maximum absolute atomic E-state index is 6.45. The highest BCUT2D eigenvalue weighted by atomic mass is 35.5. The van der Waals surface area contributed by atoms with Gasteiger partial charge in [0.05, 0.1) is 5.38 Å². The third kappa shape index (κ3) is 3.13. The Morgan fingerprint density at radius 3 is 2.28 bits per heavy atom. The van der Waals surface area contributed by atoms with Crippen molar-refractivity contribution in [1.29, 1.82) is 0 Å². The Kier molecular flexibility index (Phi) is 4.45. The molecule has 4 heteroatoms. The molecule has 0 aliphatic heterocycles. The summed E-state index contributed by atoms with van der Waals surface area (Å²) in [6, 6.07) is 11.0. The molecule has 0 nitrogen and oxygen atoms in total. The number of benzene rings is 2. The lowest BCUT2D eigenvalue weighted by Crippen LogP contribution is -1.95. The molecule has 1 atom stereocenters. The molecule has 0 aliphatic carbocycles. The first kappa shape index (κ1) is 14.0. The highest BCUT2D eigenvalue weighted by Crippen LogP contribution is 2.36. The lowest BCUT2D eigenvalue weighted by Gasteiger charge is -2.13. The summed E-state index contributed by atoms with van der Waals surface area (Å²) < 4.78 is 0. The average molecular weight is 320 g/mol. The van der Waals surface area contributed by atoms with E-state index in [0.717, 1.165) is 16.7 Å². The maximum atomic E-state index is 6.45. The number of aryl methyl sites for hydroxylation is 1. The quantitative estimate of drug-likeness (QED) is 0.571. The van der Waals surface area contributed by atoms with E-state index in [0.29, 0.717) is 15.1 Å². The summed E-state index contributed by atoms with van der Waals surface area (Å²) in [4.78, 5) is 0. The van der Waals surface area contributed by atoms with E-state index >= 15 is 0 Å². The molecule has 0 saturated carbocycles. The fraction of sp³-hybridized carbons (Fsp3) is 0.143. The Hall–Kier alpha value is -0.400. The number of hydrogen-bond donors (Lipinski definition) is 0. The average Bonchev–Trinajstić information content (AvgIpc) is 2.30. The molecule has 2 rings (SSSR count). The van der Waals surface area contributed by atoms with Crippen LogP contribution in [0, 0.1) is 6.92 Å². The van der Waals surface area contributed by atoms with Crippen molar-refractivity contribution >= 4 is 46.4 Å². The van der Waals surface area contributed by atoms with Crippen molar-refractivity contribution in [2.75, 3.05) is 0 Å². The van der Waals surface area contributed by atoms with E-state index in [4.69, 9.17) is 46.4 Å². The standard InChI is InChI=1S/C14H10Cl4/c1-8-4-9(6-11(16)5-8)14(18)12-7-10(15)2-3-13(12)17/h2-7,14H,1H3. The monoisotopic (exact) mass is 318 g/mol. The van der Waals surface area contributed by atoms with Crippen LogP contribution in [-0.2, 0) is 0 Å². The molecule has 0 saturated heterocycles. The molecule has 18 heavy (non-hydrogen) atoms. The zero-order valence-corrected chi connectivity index (χ0v) is 12.6. The van der Waals surface area contributed by atoms with Crippen molar-refractivity contribution in [3.63, 3.8) is 0 Å². The number of alkyl halides is 1. The number of halogens is 4. The van der Waals surface area contributed by atoms with Gasteiger partial charge >= 0.3 is 0 Å². The summed E-state index contributed by atoms with van der Waals surface area (Å²) in [5.41, 5.74) is 2.75. The molecule has 0 radical (unpaired) electrons. The van der Waals surface area contributed by atoms with Crippen molar-refractivity contribution in [2.45, 2.75) is 12.3 Å². The normalized spacial score (nSPS) is 12.5. The largest absolute Gasteiger partial charge is 0.113 e. The fourth-order valence-corrected chi connectivity index (χ4v) is 2.87. The van der Waals surface area contributed by atoms with E-state index in [1.807, 2.05) is 25.1 Å². The van der Waals surface area contributed by atoms with E-state index in [1.54, 1.807) is 18.2 Å². The molecule has 0 fully saturated rings. The highest BCUT2D eigenvalue weighted by Gasteiger charge is 2.15. The van der Waals surface area contributed by atoms with Gasteiger partial charge in [0.15, 0.2) is 0 Å². The predicted octanol–water partition coefficient (Wildman–Crippen LogP) is 6.28. The van der Waals surface area contributed by atoms with Crippen LogP contribution in [-0.4, -0.2) is 0 Å². The zero-order chi connectivity index (χ0) is 13.3. The Morgan fingerprint density at radius 1 is 0.889 bits per heavy atom. The molecule has 0 heterocycles. The molecular weight excluding hydrogens is 310 g/mol. The molecular formula is C14H10Cl4. The smallest absolute Gasteiger partial charge is 0.0850 e. The molecule has 0 aromatic heterocycles. The Bertz CT molecular complexity index is 558. The van der Waals surface area contributed by atoms with E-state index in [-0.39, 0.29) is 5.38 Å².